The molecule has 1 atom stereocenters. The second kappa shape index (κ2) is 12.4. The smallest absolute Gasteiger partial charge is 0.387 e. The SMILES string of the molecule is COc1cnn(C2(C(=O)Nc3ccc(Cl)cc3OC(F)F)CCN(C[C@@H](CC#N)C(=O)O)CC2)c1C(C)C. The number of hydrogen-bond donors (Lipinski definition) is 2. The van der Waals surface area contributed by atoms with Crippen molar-refractivity contribution in [1.29, 1.82) is 5.26 Å². The van der Waals surface area contributed by atoms with Crippen molar-refractivity contribution >= 4 is 29.2 Å². The third kappa shape index (κ3) is 6.34. The van der Waals surface area contributed by atoms with Crippen LogP contribution in [0.3, 0.4) is 0 Å². The van der Waals surface area contributed by atoms with E-state index in [9.17, 15) is 23.5 Å². The van der Waals surface area contributed by atoms with Gasteiger partial charge in [0.25, 0.3) is 5.91 Å². The first-order valence-electron chi connectivity index (χ1n) is 12.0. The van der Waals surface area contributed by atoms with Crippen LogP contribution in [0.2, 0.25) is 5.02 Å². The summed E-state index contributed by atoms with van der Waals surface area (Å²) >= 11 is 5.95. The van der Waals surface area contributed by atoms with E-state index < -0.39 is 29.9 Å². The number of carboxylic acid groups (broad SMARTS) is 1. The van der Waals surface area contributed by atoms with E-state index in [1.54, 1.807) is 4.68 Å². The van der Waals surface area contributed by atoms with Gasteiger partial charge < -0.3 is 24.8 Å². The number of carbonyl (C=O) groups excluding carboxylic acids is 1. The van der Waals surface area contributed by atoms with Crippen molar-refractivity contribution in [2.45, 2.75) is 51.2 Å². The predicted octanol–water partition coefficient (Wildman–Crippen LogP) is 4.31. The second-order valence-corrected chi connectivity index (χ2v) is 9.80. The number of aromatic nitrogens is 2. The highest BCUT2D eigenvalue weighted by atomic mass is 35.5. The molecule has 1 aliphatic heterocycles. The first-order chi connectivity index (χ1) is 18.0. The summed E-state index contributed by atoms with van der Waals surface area (Å²) in [6.07, 6.45) is 1.87. The molecule has 0 saturated carbocycles. The average molecular weight is 554 g/mol. The molecule has 206 valence electrons. The summed E-state index contributed by atoms with van der Waals surface area (Å²) < 4.78 is 37.8. The van der Waals surface area contributed by atoms with E-state index in [4.69, 9.17) is 21.6 Å². The number of anilines is 1. The van der Waals surface area contributed by atoms with Gasteiger partial charge in [-0.3, -0.25) is 9.59 Å². The minimum Gasteiger partial charge on any atom is -0.493 e. The van der Waals surface area contributed by atoms with Crippen LogP contribution in [0.1, 0.15) is 44.7 Å². The predicted molar refractivity (Wildman–Crippen MR) is 135 cm³/mol. The topological polar surface area (TPSA) is 130 Å². The van der Waals surface area contributed by atoms with Crippen molar-refractivity contribution in [1.82, 2.24) is 14.7 Å². The number of piperidine rings is 1. The van der Waals surface area contributed by atoms with Gasteiger partial charge in [0.2, 0.25) is 0 Å². The number of ether oxygens (including phenoxy) is 2. The van der Waals surface area contributed by atoms with Gasteiger partial charge in [0.1, 0.15) is 5.54 Å². The van der Waals surface area contributed by atoms with E-state index in [2.05, 4.69) is 15.2 Å². The van der Waals surface area contributed by atoms with Crippen LogP contribution in [0.15, 0.2) is 24.4 Å². The van der Waals surface area contributed by atoms with Crippen molar-refractivity contribution < 1.29 is 33.0 Å². The quantitative estimate of drug-likeness (QED) is 0.421. The molecule has 1 aromatic heterocycles. The number of likely N-dealkylation sites (tertiary alicyclic amines) is 1. The lowest BCUT2D eigenvalue weighted by Crippen LogP contribution is -2.55. The van der Waals surface area contributed by atoms with Gasteiger partial charge in [0.05, 0.1) is 36.7 Å². The number of carboxylic acids is 1. The van der Waals surface area contributed by atoms with Gasteiger partial charge in [-0.25, -0.2) is 4.68 Å². The molecule has 1 fully saturated rings. The normalized spacial score (nSPS) is 16.2. The maximum atomic E-state index is 14.0. The fourth-order valence-electron chi connectivity index (χ4n) is 4.69. The Bertz CT molecular complexity index is 1190. The molecule has 0 spiro atoms. The Morgan fingerprint density at radius 1 is 1.29 bits per heavy atom. The van der Waals surface area contributed by atoms with Crippen LogP contribution >= 0.6 is 11.6 Å². The Hall–Kier alpha value is -3.43. The van der Waals surface area contributed by atoms with E-state index >= 15 is 0 Å². The van der Waals surface area contributed by atoms with Crippen molar-refractivity contribution in [2.75, 3.05) is 32.1 Å². The minimum atomic E-state index is -3.13. The number of alkyl halides is 2. The second-order valence-electron chi connectivity index (χ2n) is 9.37. The molecule has 0 bridgehead atoms. The summed E-state index contributed by atoms with van der Waals surface area (Å²) in [5, 5.41) is 25.8. The molecular formula is C25H30ClF2N5O5. The number of nitriles is 1. The molecule has 3 rings (SSSR count). The summed E-state index contributed by atoms with van der Waals surface area (Å²) in [5.74, 6) is -2.28. The van der Waals surface area contributed by atoms with E-state index in [0.717, 1.165) is 0 Å². The average Bonchev–Trinajstić information content (AvgIpc) is 3.30. The van der Waals surface area contributed by atoms with Crippen LogP contribution in [0.4, 0.5) is 14.5 Å². The fourth-order valence-corrected chi connectivity index (χ4v) is 4.86. The molecule has 2 heterocycles. The molecule has 13 heteroatoms. The number of nitrogens with zero attached hydrogens (tertiary/aromatic N) is 4. The van der Waals surface area contributed by atoms with Crippen LogP contribution < -0.4 is 14.8 Å². The van der Waals surface area contributed by atoms with Crippen LogP contribution in [0.5, 0.6) is 11.5 Å². The van der Waals surface area contributed by atoms with Gasteiger partial charge in [-0.1, -0.05) is 25.4 Å². The lowest BCUT2D eigenvalue weighted by atomic mass is 9.85. The third-order valence-electron chi connectivity index (χ3n) is 6.62. The zero-order valence-corrected chi connectivity index (χ0v) is 22.0. The maximum absolute atomic E-state index is 14.0. The number of aliphatic carboxylic acids is 1. The lowest BCUT2D eigenvalue weighted by Gasteiger charge is -2.42. The highest BCUT2D eigenvalue weighted by Gasteiger charge is 2.46. The Morgan fingerprint density at radius 2 is 1.97 bits per heavy atom. The zero-order chi connectivity index (χ0) is 28.0. The molecule has 1 saturated heterocycles. The molecule has 1 aliphatic rings. The van der Waals surface area contributed by atoms with Crippen LogP contribution in [0.25, 0.3) is 0 Å². The Kier molecular flexibility index (Phi) is 9.51. The van der Waals surface area contributed by atoms with Gasteiger partial charge in [0.15, 0.2) is 11.5 Å². The molecule has 0 radical (unpaired) electrons. The lowest BCUT2D eigenvalue weighted by molar-refractivity contribution is -0.142. The van der Waals surface area contributed by atoms with Gasteiger partial charge >= 0.3 is 12.6 Å². The number of methoxy groups -OCH3 is 1. The molecule has 2 N–H and O–H groups in total. The first kappa shape index (κ1) is 29.1. The number of halogens is 3. The molecule has 38 heavy (non-hydrogen) atoms. The van der Waals surface area contributed by atoms with Crippen molar-refractivity contribution in [3.8, 4) is 17.6 Å². The monoisotopic (exact) mass is 553 g/mol. The number of rotatable bonds is 11. The summed E-state index contributed by atoms with van der Waals surface area (Å²) in [6, 6.07) is 5.92. The van der Waals surface area contributed by atoms with E-state index in [1.165, 1.54) is 31.5 Å². The molecule has 0 unspecified atom stereocenters. The number of carbonyl (C=O) groups is 2. The number of nitrogens with one attached hydrogen (secondary N) is 1. The van der Waals surface area contributed by atoms with Crippen LogP contribution in [-0.4, -0.2) is 65.0 Å². The molecule has 1 aromatic carbocycles. The largest absolute Gasteiger partial charge is 0.493 e. The van der Waals surface area contributed by atoms with Crippen molar-refractivity contribution in [3.63, 3.8) is 0 Å². The Morgan fingerprint density at radius 3 is 2.53 bits per heavy atom. The summed E-state index contributed by atoms with van der Waals surface area (Å²) in [6.45, 7) is 1.57. The van der Waals surface area contributed by atoms with Gasteiger partial charge in [-0.15, -0.1) is 0 Å². The Balaban J connectivity index is 1.98. The summed E-state index contributed by atoms with van der Waals surface area (Å²) in [4.78, 5) is 27.4. The number of amides is 1. The van der Waals surface area contributed by atoms with Gasteiger partial charge in [0, 0.05) is 37.1 Å². The standard InChI is InChI=1S/C25H30ClF2N5O5/c1-15(2)21-20(37-3)13-30-33(21)25(7-10-32(11-8-25)14-16(6-9-29)22(34)35)23(36)31-18-5-4-17(26)12-19(18)38-24(27)28/h4-5,12-13,15-16,24H,6-8,10-11,14H2,1-3H3,(H,31,36)(H,34,35)/t16-/m1/s1. The number of benzene rings is 1. The molecule has 2 aromatic rings. The summed E-state index contributed by atoms with van der Waals surface area (Å²) in [5.41, 5.74) is -0.543. The zero-order valence-electron chi connectivity index (χ0n) is 21.3. The molecule has 1 amide bonds. The minimum absolute atomic E-state index is 0.0201. The highest BCUT2D eigenvalue weighted by Crippen LogP contribution is 2.39. The maximum Gasteiger partial charge on any atom is 0.387 e. The highest BCUT2D eigenvalue weighted by molar-refractivity contribution is 6.30. The first-order valence-corrected chi connectivity index (χ1v) is 12.4. The molecule has 10 nitrogen and oxygen atoms in total. The van der Waals surface area contributed by atoms with Gasteiger partial charge in [-0.2, -0.15) is 19.1 Å². The summed E-state index contributed by atoms with van der Waals surface area (Å²) in [7, 11) is 1.51. The number of hydrogen-bond acceptors (Lipinski definition) is 7. The van der Waals surface area contributed by atoms with Crippen molar-refractivity contribution in [2.24, 2.45) is 5.92 Å². The van der Waals surface area contributed by atoms with E-state index in [-0.39, 0.29) is 48.2 Å². The van der Waals surface area contributed by atoms with Crippen LogP contribution in [-0.2, 0) is 15.1 Å². The van der Waals surface area contributed by atoms with Gasteiger partial charge in [-0.05, 0) is 30.9 Å². The third-order valence-corrected chi connectivity index (χ3v) is 6.86. The molecule has 0 aliphatic carbocycles. The van der Waals surface area contributed by atoms with E-state index in [1.807, 2.05) is 24.8 Å². The molecular weight excluding hydrogens is 524 g/mol. The Labute approximate surface area is 224 Å². The fraction of sp³-hybridized carbons (Fsp3) is 0.520. The van der Waals surface area contributed by atoms with Crippen LogP contribution in [0, 0.1) is 17.2 Å². The van der Waals surface area contributed by atoms with Crippen molar-refractivity contribution in [3.05, 3.63) is 35.1 Å². The van der Waals surface area contributed by atoms with E-state index in [0.29, 0.717) is 24.5 Å².